The van der Waals surface area contributed by atoms with Crippen LogP contribution in [0.5, 0.6) is 0 Å². The second kappa shape index (κ2) is 10.7. The number of nitrogens with zero attached hydrogens (tertiary/aromatic N) is 1. The standard InChI is InChI=1S/C17H25BrN2O2S/c1-4-13(2)11-20(3)17(22)9-10-23-12-16(21)19-15-7-5-14(18)6-8-15/h5-8,13H,4,9-12H2,1-3H3,(H,19,21). The van der Waals surface area contributed by atoms with Gasteiger partial charge in [0.2, 0.25) is 11.8 Å². The Morgan fingerprint density at radius 1 is 1.30 bits per heavy atom. The fourth-order valence-corrected chi connectivity index (χ4v) is 2.93. The summed E-state index contributed by atoms with van der Waals surface area (Å²) in [6.07, 6.45) is 1.55. The molecule has 128 valence electrons. The summed E-state index contributed by atoms with van der Waals surface area (Å²) in [6.45, 7) is 5.07. The van der Waals surface area contributed by atoms with Crippen LogP contribution >= 0.6 is 27.7 Å². The van der Waals surface area contributed by atoms with Gasteiger partial charge >= 0.3 is 0 Å². The van der Waals surface area contributed by atoms with Crippen molar-refractivity contribution in [3.63, 3.8) is 0 Å². The number of nitrogens with one attached hydrogen (secondary N) is 1. The SMILES string of the molecule is CCC(C)CN(C)C(=O)CCSCC(=O)Nc1ccc(Br)cc1. The van der Waals surface area contributed by atoms with Crippen molar-refractivity contribution in [1.29, 1.82) is 0 Å². The zero-order chi connectivity index (χ0) is 17.2. The maximum Gasteiger partial charge on any atom is 0.234 e. The number of thioether (sulfide) groups is 1. The quantitative estimate of drug-likeness (QED) is 0.636. The minimum absolute atomic E-state index is 0.0438. The van der Waals surface area contributed by atoms with Gasteiger partial charge in [0.15, 0.2) is 0 Å². The van der Waals surface area contributed by atoms with Crippen LogP contribution in [0.3, 0.4) is 0 Å². The number of carbonyl (C=O) groups is 2. The number of benzene rings is 1. The Morgan fingerprint density at radius 3 is 2.57 bits per heavy atom. The van der Waals surface area contributed by atoms with E-state index >= 15 is 0 Å². The number of halogens is 1. The first kappa shape index (κ1) is 20.0. The van der Waals surface area contributed by atoms with E-state index in [0.717, 1.165) is 23.1 Å². The van der Waals surface area contributed by atoms with Crippen molar-refractivity contribution in [3.05, 3.63) is 28.7 Å². The normalized spacial score (nSPS) is 11.8. The molecule has 1 aromatic carbocycles. The second-order valence-corrected chi connectivity index (χ2v) is 7.67. The van der Waals surface area contributed by atoms with Gasteiger partial charge < -0.3 is 10.2 Å². The van der Waals surface area contributed by atoms with Gasteiger partial charge in [0.1, 0.15) is 0 Å². The summed E-state index contributed by atoms with van der Waals surface area (Å²) in [4.78, 5) is 25.6. The summed E-state index contributed by atoms with van der Waals surface area (Å²) in [7, 11) is 1.85. The largest absolute Gasteiger partial charge is 0.345 e. The molecule has 6 heteroatoms. The molecule has 1 atom stereocenters. The van der Waals surface area contributed by atoms with Gasteiger partial charge in [-0.3, -0.25) is 9.59 Å². The highest BCUT2D eigenvalue weighted by Gasteiger charge is 2.11. The molecule has 0 spiro atoms. The first-order valence-electron chi connectivity index (χ1n) is 7.79. The van der Waals surface area contributed by atoms with Crippen LogP contribution in [0.25, 0.3) is 0 Å². The molecule has 0 bridgehead atoms. The van der Waals surface area contributed by atoms with E-state index in [2.05, 4.69) is 35.1 Å². The number of anilines is 1. The average molecular weight is 401 g/mol. The van der Waals surface area contributed by atoms with E-state index < -0.39 is 0 Å². The van der Waals surface area contributed by atoms with E-state index in [9.17, 15) is 9.59 Å². The molecule has 0 aliphatic rings. The summed E-state index contributed by atoms with van der Waals surface area (Å²) in [6, 6.07) is 7.46. The predicted molar refractivity (Wildman–Crippen MR) is 102 cm³/mol. The number of hydrogen-bond donors (Lipinski definition) is 1. The molecular weight excluding hydrogens is 376 g/mol. The van der Waals surface area contributed by atoms with Crippen LogP contribution in [0.1, 0.15) is 26.7 Å². The van der Waals surface area contributed by atoms with Crippen LogP contribution in [0.4, 0.5) is 5.69 Å². The van der Waals surface area contributed by atoms with E-state index in [-0.39, 0.29) is 11.8 Å². The Hall–Kier alpha value is -1.01. The Labute approximate surface area is 151 Å². The Bertz CT molecular complexity index is 508. The highest BCUT2D eigenvalue weighted by atomic mass is 79.9. The molecule has 0 fully saturated rings. The zero-order valence-electron chi connectivity index (χ0n) is 14.0. The molecule has 23 heavy (non-hydrogen) atoms. The van der Waals surface area contributed by atoms with Crippen molar-refractivity contribution in [3.8, 4) is 0 Å². The summed E-state index contributed by atoms with van der Waals surface area (Å²) >= 11 is 4.84. The minimum Gasteiger partial charge on any atom is -0.345 e. The lowest BCUT2D eigenvalue weighted by atomic mass is 10.1. The Morgan fingerprint density at radius 2 is 1.96 bits per heavy atom. The van der Waals surface area contributed by atoms with Gasteiger partial charge in [-0.05, 0) is 30.2 Å². The van der Waals surface area contributed by atoms with Gasteiger partial charge in [0.05, 0.1) is 5.75 Å². The zero-order valence-corrected chi connectivity index (χ0v) is 16.4. The van der Waals surface area contributed by atoms with Gasteiger partial charge in [0, 0.05) is 35.9 Å². The molecule has 1 aromatic rings. The van der Waals surface area contributed by atoms with Crippen molar-refractivity contribution in [2.24, 2.45) is 5.92 Å². The molecule has 1 N–H and O–H groups in total. The molecular formula is C17H25BrN2O2S. The number of amides is 2. The topological polar surface area (TPSA) is 49.4 Å². The monoisotopic (exact) mass is 400 g/mol. The van der Waals surface area contributed by atoms with Crippen LogP contribution in [0.15, 0.2) is 28.7 Å². The number of carbonyl (C=O) groups excluding carboxylic acids is 2. The smallest absolute Gasteiger partial charge is 0.234 e. The summed E-state index contributed by atoms with van der Waals surface area (Å²) in [5, 5.41) is 2.84. The molecule has 0 saturated carbocycles. The Kier molecular flexibility index (Phi) is 9.33. The molecule has 0 saturated heterocycles. The third kappa shape index (κ3) is 8.42. The molecule has 0 aliphatic carbocycles. The van der Waals surface area contributed by atoms with Gasteiger partial charge in [-0.2, -0.15) is 11.8 Å². The third-order valence-corrected chi connectivity index (χ3v) is 5.02. The van der Waals surface area contributed by atoms with Crippen LogP contribution < -0.4 is 5.32 Å². The summed E-state index contributed by atoms with van der Waals surface area (Å²) in [5.41, 5.74) is 0.781. The van der Waals surface area contributed by atoms with Crippen molar-refractivity contribution in [2.75, 3.05) is 30.4 Å². The van der Waals surface area contributed by atoms with E-state index in [0.29, 0.717) is 23.8 Å². The highest BCUT2D eigenvalue weighted by Crippen LogP contribution is 2.14. The minimum atomic E-state index is -0.0438. The maximum atomic E-state index is 12.0. The van der Waals surface area contributed by atoms with E-state index in [4.69, 9.17) is 0 Å². The predicted octanol–water partition coefficient (Wildman–Crippen LogP) is 4.02. The van der Waals surface area contributed by atoms with E-state index in [1.165, 1.54) is 11.8 Å². The van der Waals surface area contributed by atoms with Crippen LogP contribution in [0, 0.1) is 5.92 Å². The summed E-state index contributed by atoms with van der Waals surface area (Å²) < 4.78 is 0.977. The number of rotatable bonds is 9. The molecule has 1 unspecified atom stereocenters. The lowest BCUT2D eigenvalue weighted by Gasteiger charge is -2.20. The van der Waals surface area contributed by atoms with Crippen LogP contribution in [-0.2, 0) is 9.59 Å². The molecule has 2 amide bonds. The fraction of sp³-hybridized carbons (Fsp3) is 0.529. The van der Waals surface area contributed by atoms with Gasteiger partial charge in [-0.25, -0.2) is 0 Å². The van der Waals surface area contributed by atoms with Crippen molar-refractivity contribution in [1.82, 2.24) is 4.90 Å². The van der Waals surface area contributed by atoms with Gasteiger partial charge in [0.25, 0.3) is 0 Å². The van der Waals surface area contributed by atoms with Crippen LogP contribution in [-0.4, -0.2) is 41.8 Å². The first-order valence-corrected chi connectivity index (χ1v) is 9.74. The first-order chi connectivity index (χ1) is 10.9. The highest BCUT2D eigenvalue weighted by molar-refractivity contribution is 9.10. The van der Waals surface area contributed by atoms with Crippen molar-refractivity contribution >= 4 is 45.2 Å². The lowest BCUT2D eigenvalue weighted by Crippen LogP contribution is -2.31. The second-order valence-electron chi connectivity index (χ2n) is 5.65. The molecule has 0 aliphatic heterocycles. The van der Waals surface area contributed by atoms with Gasteiger partial charge in [-0.1, -0.05) is 36.2 Å². The van der Waals surface area contributed by atoms with Crippen molar-refractivity contribution in [2.45, 2.75) is 26.7 Å². The van der Waals surface area contributed by atoms with E-state index in [1.54, 1.807) is 4.90 Å². The lowest BCUT2D eigenvalue weighted by molar-refractivity contribution is -0.130. The van der Waals surface area contributed by atoms with Crippen molar-refractivity contribution < 1.29 is 9.59 Å². The maximum absolute atomic E-state index is 12.0. The fourth-order valence-electron chi connectivity index (χ4n) is 1.94. The Balaban J connectivity index is 2.19. The molecule has 1 rings (SSSR count). The molecule has 0 radical (unpaired) electrons. The van der Waals surface area contributed by atoms with Crippen LogP contribution in [0.2, 0.25) is 0 Å². The van der Waals surface area contributed by atoms with E-state index in [1.807, 2.05) is 31.3 Å². The molecule has 0 heterocycles. The van der Waals surface area contributed by atoms with Gasteiger partial charge in [-0.15, -0.1) is 0 Å². The third-order valence-electron chi connectivity index (χ3n) is 3.53. The molecule has 0 aromatic heterocycles. The number of hydrogen-bond acceptors (Lipinski definition) is 3. The summed E-state index contributed by atoms with van der Waals surface area (Å²) in [5.74, 6) is 1.65. The average Bonchev–Trinajstić information content (AvgIpc) is 2.53. The molecule has 4 nitrogen and oxygen atoms in total.